The van der Waals surface area contributed by atoms with Crippen molar-refractivity contribution < 1.29 is 61.7 Å². The molecule has 1 aliphatic heterocycles. The maximum absolute atomic E-state index is 13.3. The van der Waals surface area contributed by atoms with Gasteiger partial charge in [-0.25, -0.2) is 4.58 Å². The summed E-state index contributed by atoms with van der Waals surface area (Å²) in [5, 5.41) is 5.92. The Morgan fingerprint density at radius 1 is 0.506 bits per heavy atom. The lowest BCUT2D eigenvalue weighted by Gasteiger charge is -2.34. The second-order valence-corrected chi connectivity index (χ2v) is 24.3. The fourth-order valence-corrected chi connectivity index (χ4v) is 8.79. The first-order valence-corrected chi connectivity index (χ1v) is 29.2. The summed E-state index contributed by atoms with van der Waals surface area (Å²) in [6.45, 7) is 22.4. The van der Waals surface area contributed by atoms with Crippen LogP contribution in [0.4, 0.5) is 5.69 Å². The molecule has 0 saturated carbocycles. The van der Waals surface area contributed by atoms with E-state index in [1.165, 1.54) is 0 Å². The summed E-state index contributed by atoms with van der Waals surface area (Å²) >= 11 is 0. The molecule has 20 heteroatoms. The van der Waals surface area contributed by atoms with E-state index in [1.54, 1.807) is 0 Å². The number of anilines is 1. The third-order valence-corrected chi connectivity index (χ3v) is 12.8. The smallest absolute Gasteiger partial charge is 0.320 e. The zero-order valence-corrected chi connectivity index (χ0v) is 52.3. The molecule has 2 aromatic carbocycles. The number of allylic oxidation sites excluding steroid dienone is 5. The molecule has 0 atom stereocenters. The Morgan fingerprint density at radius 2 is 0.904 bits per heavy atom. The maximum Gasteiger partial charge on any atom is 0.320 e. The molecule has 2 N–H and O–H groups in total. The molecule has 0 bridgehead atoms. The van der Waals surface area contributed by atoms with E-state index in [0.29, 0.717) is 111 Å². The van der Waals surface area contributed by atoms with Crippen LogP contribution in [0.5, 0.6) is 5.75 Å². The molecule has 2 aromatic rings. The third-order valence-electron chi connectivity index (χ3n) is 12.8. The molecule has 83 heavy (non-hydrogen) atoms. The second-order valence-electron chi connectivity index (χ2n) is 24.3. The van der Waals surface area contributed by atoms with Crippen LogP contribution in [0, 0.1) is 0 Å². The molecule has 0 spiro atoms. The number of ether oxygens (including phenoxy) is 7. The molecule has 1 fully saturated rings. The van der Waals surface area contributed by atoms with Crippen LogP contribution in [0.15, 0.2) is 78.4 Å². The molecule has 1 saturated heterocycles. The van der Waals surface area contributed by atoms with E-state index in [4.69, 9.17) is 33.2 Å². The van der Waals surface area contributed by atoms with Gasteiger partial charge in [0.25, 0.3) is 0 Å². The molecular weight excluding hydrogens is 1060 g/mol. The first kappa shape index (κ1) is 69.5. The van der Waals surface area contributed by atoms with Crippen LogP contribution < -0.4 is 20.3 Å². The molecule has 1 heterocycles. The van der Waals surface area contributed by atoms with E-state index in [2.05, 4.69) is 80.8 Å². The standard InChI is InChI=1S/C63H98N8O12/c1-61(2,3)81-57(74)44-69-34-32-68(33-35-70(45-58(75)82-62(4,5)6)37-39-71(38-36-69)46-59(76)83-63(7,8)9)43-56(73)65-31-16-41-78-48-79-47-77-40-15-30-64-55(72)17-14-42-80-54-28-22-51(23-29-54)60(49-18-24-52(25-19-49)66(10)11)50-20-26-53(27-21-50)67(12)13/h18-29H,14-17,30-48H2,1-13H3,(H-,64,65,72,73)/p+1. The number of carbonyl (C=O) groups is 5. The number of nitrogens with one attached hydrogen (secondary N) is 2. The lowest BCUT2D eigenvalue weighted by molar-refractivity contribution is -0.462. The van der Waals surface area contributed by atoms with Gasteiger partial charge in [0.15, 0.2) is 5.71 Å². The molecule has 1 aliphatic carbocycles. The Labute approximate surface area is 495 Å². The number of rotatable bonds is 28. The molecule has 2 amide bonds. The Bertz CT molecular complexity index is 2400. The Morgan fingerprint density at radius 3 is 1.30 bits per heavy atom. The highest BCUT2D eigenvalue weighted by Gasteiger charge is 2.26. The predicted molar refractivity (Wildman–Crippen MR) is 325 cm³/mol. The average Bonchev–Trinajstić information content (AvgIpc) is 3.44. The van der Waals surface area contributed by atoms with Gasteiger partial charge in [0, 0.05) is 104 Å². The largest absolute Gasteiger partial charge is 0.494 e. The lowest BCUT2D eigenvalue weighted by Crippen LogP contribution is -2.50. The van der Waals surface area contributed by atoms with Crippen molar-refractivity contribution in [2.45, 2.75) is 105 Å². The van der Waals surface area contributed by atoms with Crippen molar-refractivity contribution in [2.24, 2.45) is 0 Å². The minimum atomic E-state index is -0.659. The Hall–Kier alpha value is -6.00. The molecule has 0 unspecified atom stereocenters. The van der Waals surface area contributed by atoms with Gasteiger partial charge in [-0.2, -0.15) is 0 Å². The van der Waals surface area contributed by atoms with Gasteiger partial charge in [0.2, 0.25) is 11.8 Å². The van der Waals surface area contributed by atoms with Gasteiger partial charge >= 0.3 is 17.9 Å². The molecule has 462 valence electrons. The van der Waals surface area contributed by atoms with Crippen LogP contribution in [0.2, 0.25) is 0 Å². The number of benzene rings is 2. The van der Waals surface area contributed by atoms with E-state index in [9.17, 15) is 24.0 Å². The minimum Gasteiger partial charge on any atom is -0.494 e. The van der Waals surface area contributed by atoms with Crippen molar-refractivity contribution in [1.29, 1.82) is 0 Å². The van der Waals surface area contributed by atoms with E-state index >= 15 is 0 Å². The van der Waals surface area contributed by atoms with E-state index < -0.39 is 16.8 Å². The Balaban J connectivity index is 1.12. The highest BCUT2D eigenvalue weighted by Crippen LogP contribution is 2.32. The second kappa shape index (κ2) is 35.3. The fourth-order valence-electron chi connectivity index (χ4n) is 8.79. The van der Waals surface area contributed by atoms with Crippen LogP contribution in [-0.2, 0) is 52.4 Å². The quantitative estimate of drug-likeness (QED) is 0.0342. The monoisotopic (exact) mass is 1160 g/mol. The SMILES string of the molecule is CN(C)c1ccc(C(=C2C=CC(=[N+](C)C)C=C2)c2ccc(OCCCC(=O)NCCCOCOCOCCCNC(=O)CN3CCN(CC(=O)OC(C)(C)C)CCN(CC(=O)OC(C)(C)C)CCN(CC(=O)OC(C)(C)C)CC3)cc2)cc1. The molecular formula is C63H99N8O12+. The van der Waals surface area contributed by atoms with Gasteiger partial charge in [-0.05, 0) is 140 Å². The number of hydrogen-bond donors (Lipinski definition) is 2. The van der Waals surface area contributed by atoms with Crippen LogP contribution in [-0.4, -0.2) is 230 Å². The van der Waals surface area contributed by atoms with Crippen molar-refractivity contribution in [3.05, 3.63) is 89.5 Å². The summed E-state index contributed by atoms with van der Waals surface area (Å²) in [5.41, 5.74) is 4.77. The molecule has 0 radical (unpaired) electrons. The summed E-state index contributed by atoms with van der Waals surface area (Å²) in [6, 6.07) is 16.7. The highest BCUT2D eigenvalue weighted by atomic mass is 16.7. The molecule has 0 aromatic heterocycles. The lowest BCUT2D eigenvalue weighted by atomic mass is 9.90. The van der Waals surface area contributed by atoms with E-state index in [-0.39, 0.29) is 69.5 Å². The maximum atomic E-state index is 13.3. The van der Waals surface area contributed by atoms with Crippen LogP contribution in [0.1, 0.15) is 99.1 Å². The molecule has 20 nitrogen and oxygen atoms in total. The minimum absolute atomic E-state index is 0.0276. The molecule has 2 aliphatic rings. The Kier molecular flexibility index (Phi) is 29.6. The summed E-state index contributed by atoms with van der Waals surface area (Å²) in [5.74, 6) is -0.551. The van der Waals surface area contributed by atoms with Crippen molar-refractivity contribution in [3.8, 4) is 5.75 Å². The summed E-state index contributed by atoms with van der Waals surface area (Å²) < 4.78 is 41.7. The number of carbonyl (C=O) groups excluding carboxylic acids is 5. The van der Waals surface area contributed by atoms with Gasteiger partial charge < -0.3 is 48.7 Å². The topological polar surface area (TPSA) is 193 Å². The van der Waals surface area contributed by atoms with Gasteiger partial charge in [0.1, 0.15) is 50.2 Å². The van der Waals surface area contributed by atoms with Gasteiger partial charge in [-0.3, -0.25) is 43.6 Å². The van der Waals surface area contributed by atoms with Crippen molar-refractivity contribution >= 4 is 46.7 Å². The molecule has 4 rings (SSSR count). The van der Waals surface area contributed by atoms with Crippen LogP contribution >= 0.6 is 0 Å². The first-order chi connectivity index (χ1) is 39.2. The number of nitrogens with zero attached hydrogens (tertiary/aromatic N) is 6. The summed E-state index contributed by atoms with van der Waals surface area (Å²) in [6.07, 6.45) is 10.7. The summed E-state index contributed by atoms with van der Waals surface area (Å²) in [7, 11) is 8.15. The van der Waals surface area contributed by atoms with Gasteiger partial charge in [-0.15, -0.1) is 0 Å². The normalized spacial score (nSPS) is 15.4. The number of esters is 3. The van der Waals surface area contributed by atoms with Crippen LogP contribution in [0.3, 0.4) is 0 Å². The van der Waals surface area contributed by atoms with Gasteiger partial charge in [0.05, 0.1) is 46.0 Å². The zero-order chi connectivity index (χ0) is 61.0. The average molecular weight is 1160 g/mol. The van der Waals surface area contributed by atoms with Crippen LogP contribution in [0.25, 0.3) is 5.57 Å². The fraction of sp³-hybridized carbons (Fsp3) is 0.619. The van der Waals surface area contributed by atoms with Crippen molar-refractivity contribution in [2.75, 3.05) is 158 Å². The predicted octanol–water partition coefficient (Wildman–Crippen LogP) is 5.78. The summed E-state index contributed by atoms with van der Waals surface area (Å²) in [4.78, 5) is 75.0. The van der Waals surface area contributed by atoms with E-state index in [1.807, 2.05) is 122 Å². The zero-order valence-electron chi connectivity index (χ0n) is 52.3. The first-order valence-electron chi connectivity index (χ1n) is 29.2. The number of amides is 2. The third kappa shape index (κ3) is 29.9. The highest BCUT2D eigenvalue weighted by molar-refractivity contribution is 6.04. The van der Waals surface area contributed by atoms with Gasteiger partial charge in [-0.1, -0.05) is 24.3 Å². The van der Waals surface area contributed by atoms with E-state index in [0.717, 1.165) is 39.4 Å². The number of hydrogen-bond acceptors (Lipinski definition) is 17. The van der Waals surface area contributed by atoms with Crippen molar-refractivity contribution in [1.82, 2.24) is 30.2 Å². The van der Waals surface area contributed by atoms with Crippen molar-refractivity contribution in [3.63, 3.8) is 0 Å².